The zero-order chi connectivity index (χ0) is 28.7. The summed E-state index contributed by atoms with van der Waals surface area (Å²) in [4.78, 5) is 0. The van der Waals surface area contributed by atoms with Gasteiger partial charge in [0.25, 0.3) is 0 Å². The Balaban J connectivity index is 0.000000976. The number of aryl methyl sites for hydroxylation is 3. The van der Waals surface area contributed by atoms with E-state index in [2.05, 4.69) is 127 Å². The zero-order valence-electron chi connectivity index (χ0n) is 26.7. The highest BCUT2D eigenvalue weighted by atomic mass is 31.2. The fraction of sp³-hybridized carbons (Fsp3) is 0.514. The van der Waals surface area contributed by atoms with Crippen LogP contribution in [-0.2, 0) is 0 Å². The molecule has 214 valence electrons. The third-order valence-electron chi connectivity index (χ3n) is 7.93. The highest BCUT2D eigenvalue weighted by Gasteiger charge is 2.29. The SMILES string of the molecule is CCCCCCCCCCCC[B-](c1ccc(C)cc1)(c1ccc(C)cc1)c1ccc(C)cc1.C[P+](C)(C)C. The molecule has 0 aliphatic rings. The summed E-state index contributed by atoms with van der Waals surface area (Å²) < 4.78 is 0. The molecule has 0 nitrogen and oxygen atoms in total. The maximum atomic E-state index is 2.39. The molecule has 39 heavy (non-hydrogen) atoms. The van der Waals surface area contributed by atoms with Crippen molar-refractivity contribution in [2.24, 2.45) is 0 Å². The molecule has 3 rings (SSSR count). The molecule has 2 heteroatoms. The Kier molecular flexibility index (Phi) is 14.6. The van der Waals surface area contributed by atoms with Crippen molar-refractivity contribution in [3.05, 3.63) is 89.5 Å². The van der Waals surface area contributed by atoms with Crippen LogP contribution in [-0.4, -0.2) is 32.8 Å². The van der Waals surface area contributed by atoms with Crippen molar-refractivity contribution in [3.8, 4) is 0 Å². The Morgan fingerprint density at radius 1 is 0.436 bits per heavy atom. The molecule has 0 heterocycles. The lowest BCUT2D eigenvalue weighted by Crippen LogP contribution is -2.67. The fourth-order valence-electron chi connectivity index (χ4n) is 5.70. The first-order chi connectivity index (χ1) is 18.6. The van der Waals surface area contributed by atoms with E-state index < -0.39 is 6.15 Å². The molecular weight excluding hydrogens is 486 g/mol. The summed E-state index contributed by atoms with van der Waals surface area (Å²) in [5, 5.41) is 0. The molecule has 0 bridgehead atoms. The van der Waals surface area contributed by atoms with Crippen LogP contribution in [0.3, 0.4) is 0 Å². The van der Waals surface area contributed by atoms with Gasteiger partial charge in [0.15, 0.2) is 0 Å². The molecule has 0 saturated carbocycles. The van der Waals surface area contributed by atoms with Crippen molar-refractivity contribution >= 4 is 29.8 Å². The predicted octanol–water partition coefficient (Wildman–Crippen LogP) is 9.53. The second kappa shape index (κ2) is 17.1. The van der Waals surface area contributed by atoms with Crippen molar-refractivity contribution in [1.29, 1.82) is 0 Å². The van der Waals surface area contributed by atoms with Crippen LogP contribution in [0.2, 0.25) is 6.32 Å². The molecule has 3 aromatic rings. The summed E-state index contributed by atoms with van der Waals surface area (Å²) in [6.45, 7) is 18.1. The van der Waals surface area contributed by atoms with E-state index in [1.54, 1.807) is 0 Å². The van der Waals surface area contributed by atoms with Crippen LogP contribution in [0.1, 0.15) is 87.8 Å². The molecule has 0 unspecified atom stereocenters. The third kappa shape index (κ3) is 12.1. The van der Waals surface area contributed by atoms with Crippen LogP contribution in [0.15, 0.2) is 72.8 Å². The molecule has 3 aromatic carbocycles. The molecule has 0 radical (unpaired) electrons. The number of rotatable bonds is 14. The van der Waals surface area contributed by atoms with Gasteiger partial charge in [0.05, 0.1) is 6.15 Å². The average Bonchev–Trinajstić information content (AvgIpc) is 2.88. The number of hydrogen-bond donors (Lipinski definition) is 0. The average molecular weight is 545 g/mol. The van der Waals surface area contributed by atoms with Gasteiger partial charge in [0, 0.05) is 33.9 Å². The van der Waals surface area contributed by atoms with E-state index in [1.807, 2.05) is 0 Å². The Morgan fingerprint density at radius 2 is 0.692 bits per heavy atom. The Labute approximate surface area is 243 Å². The van der Waals surface area contributed by atoms with Crippen LogP contribution in [0.4, 0.5) is 0 Å². The van der Waals surface area contributed by atoms with E-state index >= 15 is 0 Å². The smallest absolute Gasteiger partial charge is 0.0814 e. The standard InChI is InChI=1S/C33H46B.C4H12P/c1-5-6-7-8-9-10-11-12-13-14-27-34(31-21-15-28(2)16-22-31,32-23-17-29(3)18-24-32)33-25-19-30(4)20-26-33;1-5(2,3)4/h15-26H,5-14,27H2,1-4H3;1-4H3/q-1;+1. The van der Waals surface area contributed by atoms with Gasteiger partial charge in [0.2, 0.25) is 0 Å². The minimum absolute atomic E-state index is 0.389. The molecule has 0 aliphatic carbocycles. The van der Waals surface area contributed by atoms with Crippen molar-refractivity contribution in [2.45, 2.75) is 98.2 Å². The van der Waals surface area contributed by atoms with Crippen LogP contribution < -0.4 is 16.4 Å². The Bertz CT molecular complexity index is 926. The molecule has 0 aliphatic heterocycles. The van der Waals surface area contributed by atoms with E-state index in [9.17, 15) is 0 Å². The quantitative estimate of drug-likeness (QED) is 0.108. The second-order valence-electron chi connectivity index (χ2n) is 13.4. The first kappa shape index (κ1) is 33.4. The number of unbranched alkanes of at least 4 members (excludes halogenated alkanes) is 9. The van der Waals surface area contributed by atoms with Crippen LogP contribution in [0.5, 0.6) is 0 Å². The summed E-state index contributed by atoms with van der Waals surface area (Å²) >= 11 is 0. The van der Waals surface area contributed by atoms with E-state index in [0.717, 1.165) is 0 Å². The summed E-state index contributed by atoms with van der Waals surface area (Å²) in [7, 11) is -0.389. The van der Waals surface area contributed by atoms with Crippen molar-refractivity contribution in [3.63, 3.8) is 0 Å². The second-order valence-corrected chi connectivity index (χ2v) is 18.8. The van der Waals surface area contributed by atoms with Gasteiger partial charge >= 0.3 is 0 Å². The lowest BCUT2D eigenvalue weighted by molar-refractivity contribution is 0.562. The van der Waals surface area contributed by atoms with E-state index in [4.69, 9.17) is 0 Å². The van der Waals surface area contributed by atoms with Crippen molar-refractivity contribution in [2.75, 3.05) is 26.7 Å². The van der Waals surface area contributed by atoms with E-state index in [-0.39, 0.29) is 7.26 Å². The Hall–Kier alpha value is -1.85. The highest BCUT2D eigenvalue weighted by molar-refractivity contribution is 7.73. The van der Waals surface area contributed by atoms with Crippen LogP contribution >= 0.6 is 7.26 Å². The van der Waals surface area contributed by atoms with Crippen LogP contribution in [0.25, 0.3) is 0 Å². The molecule has 0 atom stereocenters. The Morgan fingerprint density at radius 3 is 0.974 bits per heavy atom. The summed E-state index contributed by atoms with van der Waals surface area (Å²) in [6, 6.07) is 28.2. The molecule has 0 spiro atoms. The highest BCUT2D eigenvalue weighted by Crippen LogP contribution is 2.40. The van der Waals surface area contributed by atoms with Gasteiger partial charge in [-0.2, -0.15) is 22.7 Å². The fourth-order valence-corrected chi connectivity index (χ4v) is 5.70. The monoisotopic (exact) mass is 544 g/mol. The van der Waals surface area contributed by atoms with Crippen molar-refractivity contribution in [1.82, 2.24) is 0 Å². The molecule has 0 aromatic heterocycles. The molecule has 0 N–H and O–H groups in total. The first-order valence-corrected chi connectivity index (χ1v) is 19.3. The summed E-state index contributed by atoms with van der Waals surface area (Å²) in [5.41, 5.74) is 8.44. The number of hydrogen-bond acceptors (Lipinski definition) is 0. The van der Waals surface area contributed by atoms with Gasteiger partial charge in [-0.15, -0.1) is 0 Å². The van der Waals surface area contributed by atoms with Crippen molar-refractivity contribution < 1.29 is 0 Å². The predicted molar refractivity (Wildman–Crippen MR) is 185 cm³/mol. The first-order valence-electron chi connectivity index (χ1n) is 15.7. The lowest BCUT2D eigenvalue weighted by Gasteiger charge is -2.43. The molecular formula is C37H58BP. The zero-order valence-corrected chi connectivity index (χ0v) is 27.6. The molecule has 0 saturated heterocycles. The minimum atomic E-state index is -0.993. The van der Waals surface area contributed by atoms with Gasteiger partial charge in [-0.1, -0.05) is 161 Å². The maximum Gasteiger partial charge on any atom is 0.0814 e. The summed E-state index contributed by atoms with van der Waals surface area (Å²) in [5.74, 6) is 0. The van der Waals surface area contributed by atoms with E-state index in [0.29, 0.717) is 0 Å². The normalized spacial score (nSPS) is 11.7. The van der Waals surface area contributed by atoms with Gasteiger partial charge < -0.3 is 0 Å². The lowest BCUT2D eigenvalue weighted by atomic mass is 9.14. The van der Waals surface area contributed by atoms with Gasteiger partial charge in [-0.25, -0.2) is 0 Å². The molecule has 0 amide bonds. The minimum Gasteiger partial charge on any atom is -0.200 e. The maximum absolute atomic E-state index is 2.39. The number of benzene rings is 3. The topological polar surface area (TPSA) is 0 Å². The van der Waals surface area contributed by atoms with Gasteiger partial charge in [-0.3, -0.25) is 0 Å². The van der Waals surface area contributed by atoms with Gasteiger partial charge in [-0.05, 0) is 20.8 Å². The van der Waals surface area contributed by atoms with Gasteiger partial charge in [0.1, 0.15) is 0 Å². The largest absolute Gasteiger partial charge is 0.200 e. The molecule has 0 fully saturated rings. The van der Waals surface area contributed by atoms with Crippen LogP contribution in [0, 0.1) is 20.8 Å². The summed E-state index contributed by atoms with van der Waals surface area (Å²) in [6.07, 6.45) is 14.0. The van der Waals surface area contributed by atoms with E-state index in [1.165, 1.54) is 104 Å². The third-order valence-corrected chi connectivity index (χ3v) is 7.93.